The molecule has 176 valence electrons. The molecule has 0 saturated heterocycles. The summed E-state index contributed by atoms with van der Waals surface area (Å²) < 4.78 is 0. The number of carboxylic acid groups (broad SMARTS) is 1. The molecule has 2 nitrogen and oxygen atoms in total. The molecule has 31 heavy (non-hydrogen) atoms. The fourth-order valence-electron chi connectivity index (χ4n) is 3.45. The highest BCUT2D eigenvalue weighted by Crippen LogP contribution is 2.15. The minimum absolute atomic E-state index is 0.176. The zero-order valence-corrected chi connectivity index (χ0v) is 20.3. The van der Waals surface area contributed by atoms with Gasteiger partial charge in [-0.3, -0.25) is 4.79 Å². The van der Waals surface area contributed by atoms with E-state index in [1.807, 2.05) is 31.2 Å². The molecule has 0 aromatic rings. The van der Waals surface area contributed by atoms with Gasteiger partial charge in [0.05, 0.1) is 5.92 Å². The van der Waals surface area contributed by atoms with E-state index in [1.54, 1.807) is 0 Å². The lowest BCUT2D eigenvalue weighted by atomic mass is 9.97. The Hall–Kier alpha value is -1.83. The van der Waals surface area contributed by atoms with Gasteiger partial charge in [-0.25, -0.2) is 0 Å². The van der Waals surface area contributed by atoms with Crippen LogP contribution in [0.15, 0.2) is 60.8 Å². The predicted octanol–water partition coefficient (Wildman–Crippen LogP) is 9.36. The van der Waals surface area contributed by atoms with Crippen LogP contribution in [0.1, 0.15) is 110 Å². The Morgan fingerprint density at radius 3 is 1.61 bits per heavy atom. The monoisotopic (exact) mass is 428 g/mol. The van der Waals surface area contributed by atoms with E-state index in [4.69, 9.17) is 5.11 Å². The number of aliphatic carboxylic acids is 1. The Bertz CT molecular complexity index is 537. The van der Waals surface area contributed by atoms with E-state index in [-0.39, 0.29) is 5.92 Å². The van der Waals surface area contributed by atoms with Gasteiger partial charge in [0.2, 0.25) is 0 Å². The second kappa shape index (κ2) is 24.4. The molecule has 0 amide bonds. The number of hydrogen-bond acceptors (Lipinski definition) is 1. The van der Waals surface area contributed by atoms with Crippen LogP contribution in [0.25, 0.3) is 0 Å². The SMILES string of the molecule is CCCCCCC/C=C/CCCC/C=C/C=C/C=C/C=C/CCCC(CCC)C(=O)O. The van der Waals surface area contributed by atoms with Crippen LogP contribution in [-0.2, 0) is 4.79 Å². The topological polar surface area (TPSA) is 37.3 Å². The van der Waals surface area contributed by atoms with E-state index in [1.165, 1.54) is 57.8 Å². The lowest BCUT2D eigenvalue weighted by molar-refractivity contribution is -0.142. The Balaban J connectivity index is 3.58. The van der Waals surface area contributed by atoms with Crippen LogP contribution in [0, 0.1) is 5.92 Å². The van der Waals surface area contributed by atoms with Crippen LogP contribution in [-0.4, -0.2) is 11.1 Å². The molecule has 0 saturated carbocycles. The van der Waals surface area contributed by atoms with Gasteiger partial charge in [0.1, 0.15) is 0 Å². The van der Waals surface area contributed by atoms with Gasteiger partial charge in [-0.2, -0.15) is 0 Å². The van der Waals surface area contributed by atoms with Crippen LogP contribution in [0.5, 0.6) is 0 Å². The fraction of sp³-hybridized carbons (Fsp3) is 0.621. The minimum Gasteiger partial charge on any atom is -0.481 e. The second-order valence-corrected chi connectivity index (χ2v) is 8.34. The molecule has 0 aliphatic heterocycles. The summed E-state index contributed by atoms with van der Waals surface area (Å²) in [7, 11) is 0. The Morgan fingerprint density at radius 1 is 0.581 bits per heavy atom. The van der Waals surface area contributed by atoms with Crippen molar-refractivity contribution in [1.29, 1.82) is 0 Å². The molecule has 2 heteroatoms. The standard InChI is InChI=1S/C29H48O2/c1-3-5-6-7-8-9-10-11-12-13-14-15-16-17-18-19-20-21-22-23-24-25-27-28(26-4-2)29(30)31/h10-11,16-23,28H,3-9,12-15,24-27H2,1-2H3,(H,30,31)/b11-10+,17-16+,19-18+,21-20+,23-22+. The molecule has 0 heterocycles. The molecule has 1 unspecified atom stereocenters. The molecular weight excluding hydrogens is 380 g/mol. The third kappa shape index (κ3) is 22.7. The van der Waals surface area contributed by atoms with Gasteiger partial charge >= 0.3 is 5.97 Å². The average molecular weight is 429 g/mol. The second-order valence-electron chi connectivity index (χ2n) is 8.34. The zero-order valence-electron chi connectivity index (χ0n) is 20.3. The Labute approximate surface area is 192 Å². The van der Waals surface area contributed by atoms with E-state index in [0.29, 0.717) is 0 Å². The van der Waals surface area contributed by atoms with E-state index in [2.05, 4.69) is 43.4 Å². The molecule has 0 aliphatic rings. The first kappa shape index (κ1) is 29.2. The maximum atomic E-state index is 11.1. The van der Waals surface area contributed by atoms with Crippen LogP contribution in [0.2, 0.25) is 0 Å². The van der Waals surface area contributed by atoms with Gasteiger partial charge in [0.15, 0.2) is 0 Å². The largest absolute Gasteiger partial charge is 0.481 e. The molecule has 0 aliphatic carbocycles. The van der Waals surface area contributed by atoms with Crippen LogP contribution >= 0.6 is 0 Å². The molecule has 0 spiro atoms. The minimum atomic E-state index is -0.649. The van der Waals surface area contributed by atoms with Gasteiger partial charge in [-0.1, -0.05) is 107 Å². The summed E-state index contributed by atoms with van der Waals surface area (Å²) in [6.07, 6.45) is 38.8. The lowest BCUT2D eigenvalue weighted by Gasteiger charge is -2.09. The van der Waals surface area contributed by atoms with Crippen molar-refractivity contribution in [1.82, 2.24) is 0 Å². The number of rotatable bonds is 21. The molecule has 1 atom stereocenters. The highest BCUT2D eigenvalue weighted by molar-refractivity contribution is 5.69. The van der Waals surface area contributed by atoms with E-state index < -0.39 is 5.97 Å². The van der Waals surface area contributed by atoms with Gasteiger partial charge in [0.25, 0.3) is 0 Å². The summed E-state index contributed by atoms with van der Waals surface area (Å²) in [6, 6.07) is 0. The molecule has 0 radical (unpaired) electrons. The highest BCUT2D eigenvalue weighted by atomic mass is 16.4. The number of carbonyl (C=O) groups is 1. The van der Waals surface area contributed by atoms with E-state index in [0.717, 1.165) is 38.5 Å². The van der Waals surface area contributed by atoms with Gasteiger partial charge in [-0.15, -0.1) is 0 Å². The first-order valence-electron chi connectivity index (χ1n) is 12.7. The number of allylic oxidation sites excluding steroid dienone is 10. The Morgan fingerprint density at radius 2 is 1.06 bits per heavy atom. The molecular formula is C29H48O2. The lowest BCUT2D eigenvalue weighted by Crippen LogP contribution is -2.13. The predicted molar refractivity (Wildman–Crippen MR) is 137 cm³/mol. The van der Waals surface area contributed by atoms with Gasteiger partial charge < -0.3 is 5.11 Å². The first-order valence-corrected chi connectivity index (χ1v) is 12.7. The van der Waals surface area contributed by atoms with Gasteiger partial charge in [-0.05, 0) is 64.2 Å². The van der Waals surface area contributed by atoms with Crippen molar-refractivity contribution in [3.63, 3.8) is 0 Å². The molecule has 0 fully saturated rings. The third-order valence-corrected chi connectivity index (χ3v) is 5.37. The van der Waals surface area contributed by atoms with Crippen molar-refractivity contribution in [2.75, 3.05) is 0 Å². The average Bonchev–Trinajstić information content (AvgIpc) is 2.76. The Kier molecular flexibility index (Phi) is 23.0. The number of carboxylic acids is 1. The molecule has 0 aromatic heterocycles. The summed E-state index contributed by atoms with van der Waals surface area (Å²) in [6.45, 7) is 4.31. The summed E-state index contributed by atoms with van der Waals surface area (Å²) in [5.41, 5.74) is 0. The van der Waals surface area contributed by atoms with E-state index >= 15 is 0 Å². The maximum Gasteiger partial charge on any atom is 0.306 e. The van der Waals surface area contributed by atoms with Crippen LogP contribution < -0.4 is 0 Å². The third-order valence-electron chi connectivity index (χ3n) is 5.37. The van der Waals surface area contributed by atoms with Crippen molar-refractivity contribution in [2.24, 2.45) is 5.92 Å². The molecule has 1 N–H and O–H groups in total. The van der Waals surface area contributed by atoms with Crippen LogP contribution in [0.3, 0.4) is 0 Å². The molecule has 0 bridgehead atoms. The van der Waals surface area contributed by atoms with Crippen molar-refractivity contribution in [2.45, 2.75) is 110 Å². The number of unbranched alkanes of at least 4 members (excludes halogenated alkanes) is 9. The van der Waals surface area contributed by atoms with Crippen molar-refractivity contribution >= 4 is 5.97 Å². The first-order chi connectivity index (χ1) is 15.2. The van der Waals surface area contributed by atoms with Crippen molar-refractivity contribution < 1.29 is 9.90 Å². The fourth-order valence-corrected chi connectivity index (χ4v) is 3.45. The smallest absolute Gasteiger partial charge is 0.306 e. The molecule has 0 aromatic carbocycles. The van der Waals surface area contributed by atoms with Crippen LogP contribution in [0.4, 0.5) is 0 Å². The van der Waals surface area contributed by atoms with Crippen molar-refractivity contribution in [3.05, 3.63) is 60.8 Å². The zero-order chi connectivity index (χ0) is 22.8. The normalized spacial score (nSPS) is 13.6. The van der Waals surface area contributed by atoms with E-state index in [9.17, 15) is 4.79 Å². The molecule has 0 rings (SSSR count). The summed E-state index contributed by atoms with van der Waals surface area (Å²) in [4.78, 5) is 11.1. The number of hydrogen-bond donors (Lipinski definition) is 1. The summed E-state index contributed by atoms with van der Waals surface area (Å²) in [5, 5.41) is 9.13. The van der Waals surface area contributed by atoms with Crippen molar-refractivity contribution in [3.8, 4) is 0 Å². The quantitative estimate of drug-likeness (QED) is 0.112. The summed E-state index contributed by atoms with van der Waals surface area (Å²) >= 11 is 0. The van der Waals surface area contributed by atoms with Gasteiger partial charge in [0, 0.05) is 0 Å². The summed E-state index contributed by atoms with van der Waals surface area (Å²) in [5.74, 6) is -0.825. The highest BCUT2D eigenvalue weighted by Gasteiger charge is 2.14. The maximum absolute atomic E-state index is 11.1.